The molecule has 5 rings (SSSR count). The summed E-state index contributed by atoms with van der Waals surface area (Å²) >= 11 is 0. The highest BCUT2D eigenvalue weighted by Crippen LogP contribution is 2.60. The van der Waals surface area contributed by atoms with Crippen LogP contribution in [-0.4, -0.2) is 78.8 Å². The number of carbonyl (C=O) groups is 3. The van der Waals surface area contributed by atoms with Gasteiger partial charge in [-0.2, -0.15) is 0 Å². The van der Waals surface area contributed by atoms with Crippen LogP contribution in [0.25, 0.3) is 0 Å². The number of aliphatic carboxylic acids is 1. The first-order chi connectivity index (χ1) is 20.0. The number of Topliss-reactive ketones (excluding diaryl/α,β-unsaturated/α-hetero) is 1. The SMILES string of the molecule is CCc1cc2c(nc1N1C[C@@H]3C(NC(=O)OC(P(=O)(O)O)P(=O)(O)O)[C@@H]3C1)N(c1ccc(F)cc1F)CC(C(=O)O)C2=O. The summed E-state index contributed by atoms with van der Waals surface area (Å²) in [5.74, 6) is -5.41. The van der Waals surface area contributed by atoms with Gasteiger partial charge in [0.1, 0.15) is 29.2 Å². The van der Waals surface area contributed by atoms with Gasteiger partial charge < -0.3 is 44.5 Å². The van der Waals surface area contributed by atoms with E-state index in [4.69, 9.17) is 19.6 Å². The number of nitrogens with one attached hydrogen (secondary N) is 1. The number of fused-ring (bicyclic) bond motifs is 2. The third kappa shape index (κ3) is 5.88. The molecule has 2 aliphatic heterocycles. The maximum absolute atomic E-state index is 14.8. The Morgan fingerprint density at radius 1 is 1.07 bits per heavy atom. The Morgan fingerprint density at radius 3 is 2.23 bits per heavy atom. The van der Waals surface area contributed by atoms with E-state index in [1.165, 1.54) is 11.0 Å². The minimum absolute atomic E-state index is 0.0000467. The Kier molecular flexibility index (Phi) is 7.86. The number of alkyl carbamates (subject to hydrolysis) is 1. The van der Waals surface area contributed by atoms with Gasteiger partial charge in [-0.25, -0.2) is 18.6 Å². The van der Waals surface area contributed by atoms with Crippen LogP contribution in [0.1, 0.15) is 22.8 Å². The summed E-state index contributed by atoms with van der Waals surface area (Å²) in [5.41, 5.74) is -2.55. The lowest BCUT2D eigenvalue weighted by Gasteiger charge is -2.34. The lowest BCUT2D eigenvalue weighted by molar-refractivity contribution is -0.139. The molecular weight excluding hydrogens is 620 g/mol. The highest BCUT2D eigenvalue weighted by molar-refractivity contribution is 7.70. The van der Waals surface area contributed by atoms with Crippen molar-refractivity contribution in [2.24, 2.45) is 17.8 Å². The van der Waals surface area contributed by atoms with Gasteiger partial charge in [-0.05, 0) is 30.2 Å². The van der Waals surface area contributed by atoms with Crippen molar-refractivity contribution < 1.29 is 61.7 Å². The number of halogens is 2. The molecule has 2 unspecified atom stereocenters. The lowest BCUT2D eigenvalue weighted by Crippen LogP contribution is -2.42. The zero-order chi connectivity index (χ0) is 31.6. The summed E-state index contributed by atoms with van der Waals surface area (Å²) in [7, 11) is -11.0. The number of amides is 1. The van der Waals surface area contributed by atoms with Crippen LogP contribution in [0.15, 0.2) is 24.3 Å². The highest BCUT2D eigenvalue weighted by atomic mass is 31.2. The molecule has 1 aromatic heterocycles. The summed E-state index contributed by atoms with van der Waals surface area (Å²) < 4.78 is 55.6. The van der Waals surface area contributed by atoms with Crippen molar-refractivity contribution in [2.75, 3.05) is 29.4 Å². The summed E-state index contributed by atoms with van der Waals surface area (Å²) in [6.45, 7) is 1.98. The Balaban J connectivity index is 1.38. The average molecular weight is 646 g/mol. The van der Waals surface area contributed by atoms with Gasteiger partial charge in [0.05, 0.1) is 11.3 Å². The molecule has 43 heavy (non-hydrogen) atoms. The van der Waals surface area contributed by atoms with Crippen LogP contribution in [0.3, 0.4) is 0 Å². The van der Waals surface area contributed by atoms with Gasteiger partial charge in [-0.15, -0.1) is 0 Å². The van der Waals surface area contributed by atoms with Crippen molar-refractivity contribution in [2.45, 2.75) is 25.0 Å². The first-order valence-corrected chi connectivity index (χ1v) is 16.2. The van der Waals surface area contributed by atoms with Gasteiger partial charge in [-0.3, -0.25) is 18.7 Å². The predicted octanol–water partition coefficient (Wildman–Crippen LogP) is 1.76. The van der Waals surface area contributed by atoms with E-state index in [1.807, 2.05) is 4.90 Å². The summed E-state index contributed by atoms with van der Waals surface area (Å²) in [5, 5.41) is 12.0. The van der Waals surface area contributed by atoms with Crippen molar-refractivity contribution in [3.8, 4) is 0 Å². The highest BCUT2D eigenvalue weighted by Gasteiger charge is 2.58. The smallest absolute Gasteiger partial charge is 0.408 e. The van der Waals surface area contributed by atoms with E-state index < -0.39 is 68.8 Å². The Labute approximate surface area is 241 Å². The molecule has 0 bridgehead atoms. The molecule has 15 nitrogen and oxygen atoms in total. The van der Waals surface area contributed by atoms with Crippen LogP contribution in [0.4, 0.5) is 30.9 Å². The van der Waals surface area contributed by atoms with E-state index in [0.717, 1.165) is 12.1 Å². The third-order valence-electron chi connectivity index (χ3n) is 7.71. The average Bonchev–Trinajstić information content (AvgIpc) is 3.32. The van der Waals surface area contributed by atoms with E-state index in [1.54, 1.807) is 6.92 Å². The maximum atomic E-state index is 14.8. The van der Waals surface area contributed by atoms with Crippen LogP contribution in [-0.2, 0) is 25.1 Å². The van der Waals surface area contributed by atoms with Crippen molar-refractivity contribution in [1.29, 1.82) is 0 Å². The van der Waals surface area contributed by atoms with E-state index >= 15 is 0 Å². The Hall–Kier alpha value is -3.46. The second-order valence-corrected chi connectivity index (χ2v) is 14.2. The number of hydrogen-bond donors (Lipinski definition) is 6. The van der Waals surface area contributed by atoms with E-state index in [-0.39, 0.29) is 28.9 Å². The van der Waals surface area contributed by atoms with Gasteiger partial charge in [0, 0.05) is 43.6 Å². The molecule has 19 heteroatoms. The fourth-order valence-electron chi connectivity index (χ4n) is 5.61. The van der Waals surface area contributed by atoms with Crippen molar-refractivity contribution in [3.05, 3.63) is 47.0 Å². The van der Waals surface area contributed by atoms with Gasteiger partial charge in [0.15, 0.2) is 5.78 Å². The molecule has 232 valence electrons. The van der Waals surface area contributed by atoms with Crippen LogP contribution >= 0.6 is 15.2 Å². The second kappa shape index (κ2) is 10.9. The number of anilines is 3. The molecule has 3 heterocycles. The van der Waals surface area contributed by atoms with Crippen LogP contribution in [0.2, 0.25) is 0 Å². The molecule has 1 saturated carbocycles. The Morgan fingerprint density at radius 2 is 1.70 bits per heavy atom. The zero-order valence-electron chi connectivity index (χ0n) is 22.2. The number of piperidine rings is 1. The minimum Gasteiger partial charge on any atom is -0.481 e. The van der Waals surface area contributed by atoms with Gasteiger partial charge in [-0.1, -0.05) is 6.92 Å². The Bertz CT molecular complexity index is 1580. The first kappa shape index (κ1) is 31.0. The van der Waals surface area contributed by atoms with E-state index in [0.29, 0.717) is 37.0 Å². The number of nitrogens with zero attached hydrogens (tertiary/aromatic N) is 3. The standard InChI is InChI=1S/C24H26F2N4O11P2/c1-2-10-5-12-19(31)15(22(32)33)9-30(17-4-3-11(25)6-16(17)26)21(12)28-20(10)29-7-13-14(8-29)18(13)27-23(34)41-24(42(35,36)37)43(38,39)40/h3-6,13-15,18,24H,2,7-9H2,1H3,(H,27,34)(H,32,33)(H2,35,36,37)(H2,38,39,40)/t13-,14+,15?,18?. The lowest BCUT2D eigenvalue weighted by atomic mass is 9.91. The number of hydrogen-bond acceptors (Lipinski definition) is 9. The van der Waals surface area contributed by atoms with Gasteiger partial charge in [0.25, 0.3) is 0 Å². The fourth-order valence-corrected chi connectivity index (χ4v) is 7.65. The zero-order valence-corrected chi connectivity index (χ0v) is 24.0. The summed E-state index contributed by atoms with van der Waals surface area (Å²) in [6.07, 6.45) is -1.02. The first-order valence-electron chi connectivity index (χ1n) is 12.9. The molecule has 0 radical (unpaired) electrons. The molecular formula is C24H26F2N4O11P2. The van der Waals surface area contributed by atoms with E-state index in [2.05, 4.69) is 15.0 Å². The number of ether oxygens (including phenoxy) is 1. The quantitative estimate of drug-likeness (QED) is 0.178. The van der Waals surface area contributed by atoms with Gasteiger partial charge >= 0.3 is 32.8 Å². The molecule has 2 aromatic rings. The molecule has 2 fully saturated rings. The fraction of sp³-hybridized carbons (Fsp3) is 0.417. The molecule has 3 aliphatic rings. The predicted molar refractivity (Wildman–Crippen MR) is 143 cm³/mol. The third-order valence-corrected chi connectivity index (χ3v) is 10.9. The molecule has 1 saturated heterocycles. The monoisotopic (exact) mass is 646 g/mol. The molecule has 1 aliphatic carbocycles. The number of aryl methyl sites for hydroxylation is 1. The van der Waals surface area contributed by atoms with Crippen LogP contribution in [0.5, 0.6) is 0 Å². The number of pyridine rings is 1. The number of carbonyl (C=O) groups excluding carboxylic acids is 2. The van der Waals surface area contributed by atoms with Gasteiger partial charge in [0.2, 0.25) is 0 Å². The maximum Gasteiger partial charge on any atom is 0.408 e. The summed E-state index contributed by atoms with van der Waals surface area (Å²) in [4.78, 5) is 81.5. The molecule has 6 N–H and O–H groups in total. The number of carboxylic acid groups (broad SMARTS) is 1. The summed E-state index contributed by atoms with van der Waals surface area (Å²) in [6, 6.07) is 3.74. The van der Waals surface area contributed by atoms with Crippen LogP contribution < -0.4 is 15.1 Å². The molecule has 1 aromatic carbocycles. The molecule has 0 spiro atoms. The van der Waals surface area contributed by atoms with Crippen molar-refractivity contribution in [3.63, 3.8) is 0 Å². The van der Waals surface area contributed by atoms with E-state index in [9.17, 15) is 37.4 Å². The van der Waals surface area contributed by atoms with Crippen molar-refractivity contribution in [1.82, 2.24) is 10.3 Å². The number of benzene rings is 1. The molecule has 1 amide bonds. The number of rotatable bonds is 8. The topological polar surface area (TPSA) is 227 Å². The van der Waals surface area contributed by atoms with Crippen LogP contribution in [0, 0.1) is 29.4 Å². The largest absolute Gasteiger partial charge is 0.481 e. The normalized spacial score (nSPS) is 23.2. The second-order valence-electron chi connectivity index (χ2n) is 10.5. The molecule has 4 atom stereocenters. The number of carboxylic acids is 1. The minimum atomic E-state index is -5.48. The number of aromatic nitrogens is 1. The van der Waals surface area contributed by atoms with Crippen molar-refractivity contribution >= 4 is 50.4 Å². The number of ketones is 1.